The van der Waals surface area contributed by atoms with Crippen molar-refractivity contribution in [3.05, 3.63) is 148 Å². The van der Waals surface area contributed by atoms with E-state index in [9.17, 15) is 33.0 Å². The number of nitro benzene ring substituents is 1. The van der Waals surface area contributed by atoms with Gasteiger partial charge >= 0.3 is 13.5 Å². The molecule has 6 aromatic rings. The molecule has 0 unspecified atom stereocenters. The van der Waals surface area contributed by atoms with Gasteiger partial charge in [-0.3, -0.25) is 24.1 Å². The average molecular weight is 1080 g/mol. The molecule has 74 heavy (non-hydrogen) atoms. The molecule has 1 aromatic heterocycles. The molecule has 5 aromatic carbocycles. The highest BCUT2D eigenvalue weighted by Crippen LogP contribution is 2.56. The molecule has 3 aliphatic rings. The second kappa shape index (κ2) is 22.7. The first-order valence-corrected chi connectivity index (χ1v) is 30.2. The van der Waals surface area contributed by atoms with Gasteiger partial charge in [0, 0.05) is 94.1 Å². The Hall–Kier alpha value is -5.61. The number of likely N-dealkylation sites (tertiary alicyclic amines) is 1. The molecule has 0 radical (unpaired) electrons. The van der Waals surface area contributed by atoms with E-state index in [1.807, 2.05) is 85.8 Å². The first kappa shape index (κ1) is 53.2. The predicted molar refractivity (Wildman–Crippen MR) is 299 cm³/mol. The molecule has 390 valence electrons. The number of anilines is 3. The van der Waals surface area contributed by atoms with Crippen LogP contribution in [-0.2, 0) is 30.1 Å². The Labute approximate surface area is 443 Å². The number of thioether (sulfide) groups is 1. The van der Waals surface area contributed by atoms with Crippen molar-refractivity contribution < 1.29 is 32.3 Å². The SMILES string of the molecule is Cc1c(S(C)(=O)=O)c(-c2cccc(N3CCN(c4ccc(N5CCO[P@]5(=O)c5ccc(C[C@H](CCN6CCC(C(=O)O)CC6)CSc6ccccc6)c([N+](=O)[O-])c5)cc4)CC3)c2)c(-c2ccc(Cl)cc2)n1C(C)C. The highest BCUT2D eigenvalue weighted by Gasteiger charge is 2.41. The number of aliphatic carboxylic acids is 1. The summed E-state index contributed by atoms with van der Waals surface area (Å²) in [6, 6.07) is 38.6. The van der Waals surface area contributed by atoms with Gasteiger partial charge < -0.3 is 28.9 Å². The van der Waals surface area contributed by atoms with E-state index in [-0.39, 0.29) is 40.4 Å². The molecular weight excluding hydrogens is 1020 g/mol. The van der Waals surface area contributed by atoms with E-state index in [1.54, 1.807) is 28.6 Å². The molecule has 9 rings (SSSR count). The van der Waals surface area contributed by atoms with Gasteiger partial charge in [0.1, 0.15) is 0 Å². The van der Waals surface area contributed by atoms with Crippen molar-refractivity contribution >= 4 is 74.7 Å². The summed E-state index contributed by atoms with van der Waals surface area (Å²) in [5.41, 5.74) is 7.15. The molecule has 2 atom stereocenters. The summed E-state index contributed by atoms with van der Waals surface area (Å²) >= 11 is 8.03. The topological polar surface area (TPSA) is 159 Å². The lowest BCUT2D eigenvalue weighted by atomic mass is 9.94. The summed E-state index contributed by atoms with van der Waals surface area (Å²) in [7, 11) is -7.34. The highest BCUT2D eigenvalue weighted by molar-refractivity contribution is 7.99. The largest absolute Gasteiger partial charge is 0.481 e. The van der Waals surface area contributed by atoms with Crippen molar-refractivity contribution in [2.24, 2.45) is 11.8 Å². The first-order valence-electron chi connectivity index (χ1n) is 25.3. The Morgan fingerprint density at radius 3 is 2.14 bits per heavy atom. The molecule has 0 saturated carbocycles. The number of benzene rings is 5. The van der Waals surface area contributed by atoms with E-state index >= 15 is 0 Å². The van der Waals surface area contributed by atoms with Crippen LogP contribution in [0.1, 0.15) is 50.4 Å². The maximum absolute atomic E-state index is 14.9. The number of aromatic nitrogens is 1. The second-order valence-corrected chi connectivity index (χ2v) is 25.7. The number of carboxylic acids is 1. The Bertz CT molecular complexity index is 3140. The van der Waals surface area contributed by atoms with Crippen molar-refractivity contribution in [3.63, 3.8) is 0 Å². The number of carboxylic acid groups (broad SMARTS) is 1. The average Bonchev–Trinajstić information content (AvgIpc) is 3.96. The van der Waals surface area contributed by atoms with Crippen LogP contribution >= 0.6 is 30.9 Å². The summed E-state index contributed by atoms with van der Waals surface area (Å²) in [6.45, 7) is 11.7. The van der Waals surface area contributed by atoms with Crippen LogP contribution in [0.25, 0.3) is 22.4 Å². The quantitative estimate of drug-likeness (QED) is 0.0375. The summed E-state index contributed by atoms with van der Waals surface area (Å²) in [6.07, 6.45) is 3.77. The summed E-state index contributed by atoms with van der Waals surface area (Å²) in [5, 5.41) is 23.2. The van der Waals surface area contributed by atoms with E-state index < -0.39 is 23.3 Å². The molecule has 4 heterocycles. The summed E-state index contributed by atoms with van der Waals surface area (Å²) < 4.78 is 51.9. The molecule has 3 aliphatic heterocycles. The molecule has 3 saturated heterocycles. The van der Waals surface area contributed by atoms with E-state index in [2.05, 4.69) is 57.4 Å². The van der Waals surface area contributed by atoms with Crippen LogP contribution in [0.4, 0.5) is 22.7 Å². The maximum atomic E-state index is 14.9. The molecule has 0 spiro atoms. The predicted octanol–water partition coefficient (Wildman–Crippen LogP) is 11.5. The van der Waals surface area contributed by atoms with E-state index in [4.69, 9.17) is 16.1 Å². The molecule has 0 amide bonds. The van der Waals surface area contributed by atoms with Crippen LogP contribution in [0.3, 0.4) is 0 Å². The minimum absolute atomic E-state index is 0.00396. The number of carbonyl (C=O) groups is 1. The number of piperidine rings is 1. The fourth-order valence-corrected chi connectivity index (χ4v) is 15.6. The van der Waals surface area contributed by atoms with Crippen LogP contribution in [0, 0.1) is 28.9 Å². The zero-order valence-electron chi connectivity index (χ0n) is 42.3. The Morgan fingerprint density at radius 2 is 1.50 bits per heavy atom. The van der Waals surface area contributed by atoms with Gasteiger partial charge in [0.25, 0.3) is 5.69 Å². The lowest BCUT2D eigenvalue weighted by Crippen LogP contribution is -2.46. The fourth-order valence-electron chi connectivity index (χ4n) is 10.9. The van der Waals surface area contributed by atoms with Gasteiger partial charge in [-0.15, -0.1) is 11.8 Å². The van der Waals surface area contributed by atoms with Gasteiger partial charge in [-0.2, -0.15) is 0 Å². The zero-order chi connectivity index (χ0) is 52.3. The van der Waals surface area contributed by atoms with Gasteiger partial charge in [0.05, 0.1) is 39.9 Å². The number of piperazine rings is 1. The molecule has 0 aliphatic carbocycles. The normalized spacial score (nSPS) is 18.3. The smallest absolute Gasteiger partial charge is 0.326 e. The minimum atomic E-state index is -3.71. The number of rotatable bonds is 18. The standard InChI is InChI=1S/C56H64ClN6O8PS2/c1-39(2)62-40(3)55(74(4,69)70)53(54(62)42-13-16-46(57)17-14-42)45-9-8-10-49(36-45)60-31-29-59(30-32-60)47-18-20-48(21-19-47)61-33-34-71-72(61,68)50-22-15-44(52(37-50)63(66)67)35-41(38-73-51-11-6-5-7-12-51)23-26-58-27-24-43(25-28-58)56(64)65/h5-22,36-37,39,41,43H,23-35,38H2,1-4H3,(H,64,65)/t41-,72+/m0/s1. The number of sulfone groups is 1. The highest BCUT2D eigenvalue weighted by atomic mass is 35.5. The number of nitro groups is 1. The van der Waals surface area contributed by atoms with Crippen molar-refractivity contribution in [3.8, 4) is 22.4 Å². The van der Waals surface area contributed by atoms with Crippen molar-refractivity contribution in [1.29, 1.82) is 0 Å². The number of nitrogens with zero attached hydrogens (tertiary/aromatic N) is 6. The van der Waals surface area contributed by atoms with E-state index in [0.717, 1.165) is 78.0 Å². The van der Waals surface area contributed by atoms with Gasteiger partial charge in [0.2, 0.25) is 0 Å². The van der Waals surface area contributed by atoms with Crippen LogP contribution in [-0.4, -0.2) is 105 Å². The van der Waals surface area contributed by atoms with Crippen LogP contribution in [0.15, 0.2) is 131 Å². The lowest BCUT2D eigenvalue weighted by Gasteiger charge is -2.37. The van der Waals surface area contributed by atoms with Gasteiger partial charge in [0.15, 0.2) is 9.84 Å². The zero-order valence-corrected chi connectivity index (χ0v) is 45.6. The minimum Gasteiger partial charge on any atom is -0.481 e. The van der Waals surface area contributed by atoms with E-state index in [1.165, 1.54) is 12.3 Å². The molecule has 1 N–H and O–H groups in total. The third-order valence-electron chi connectivity index (χ3n) is 14.7. The second-order valence-electron chi connectivity index (χ2n) is 19.9. The van der Waals surface area contributed by atoms with Gasteiger partial charge in [-0.1, -0.05) is 60.1 Å². The molecule has 18 heteroatoms. The number of hydrogen-bond donors (Lipinski definition) is 1. The Morgan fingerprint density at radius 1 is 0.838 bits per heavy atom. The number of hydrogen-bond acceptors (Lipinski definition) is 11. The summed E-state index contributed by atoms with van der Waals surface area (Å²) in [5.74, 6) is -0.209. The van der Waals surface area contributed by atoms with Crippen molar-refractivity contribution in [2.45, 2.75) is 62.3 Å². The molecular formula is C56H64ClN6O8PS2. The monoisotopic (exact) mass is 1080 g/mol. The van der Waals surface area contributed by atoms with Gasteiger partial charge in [-0.25, -0.2) is 8.42 Å². The summed E-state index contributed by atoms with van der Waals surface area (Å²) in [4.78, 5) is 32.3. The molecule has 14 nitrogen and oxygen atoms in total. The van der Waals surface area contributed by atoms with Crippen LogP contribution in [0.2, 0.25) is 5.02 Å². The van der Waals surface area contributed by atoms with Crippen LogP contribution < -0.4 is 19.8 Å². The maximum Gasteiger partial charge on any atom is 0.326 e. The van der Waals surface area contributed by atoms with E-state index in [0.29, 0.717) is 71.3 Å². The Balaban J connectivity index is 0.887. The fraction of sp³-hybridized carbons (Fsp3) is 0.375. The molecule has 0 bridgehead atoms. The third-order valence-corrected chi connectivity index (χ3v) is 20.0. The first-order chi connectivity index (χ1) is 35.5. The van der Waals surface area contributed by atoms with Crippen molar-refractivity contribution in [2.75, 3.05) is 85.4 Å². The third kappa shape index (κ3) is 11.6. The lowest BCUT2D eigenvalue weighted by molar-refractivity contribution is -0.385. The van der Waals surface area contributed by atoms with Crippen LogP contribution in [0.5, 0.6) is 0 Å². The van der Waals surface area contributed by atoms with Gasteiger partial charge in [-0.05, 0) is 150 Å². The van der Waals surface area contributed by atoms with Crippen molar-refractivity contribution in [1.82, 2.24) is 9.47 Å². The molecule has 3 fully saturated rings. The number of halogens is 1. The Kier molecular flexibility index (Phi) is 16.3.